The number of carbonyl (C=O) groups is 2. The van der Waals surface area contributed by atoms with Crippen LogP contribution in [0.25, 0.3) is 0 Å². The van der Waals surface area contributed by atoms with Gasteiger partial charge in [0.05, 0.1) is 11.4 Å². The number of sulfonamides is 1. The van der Waals surface area contributed by atoms with Gasteiger partial charge < -0.3 is 10.2 Å². The Bertz CT molecular complexity index is 953. The van der Waals surface area contributed by atoms with Crippen molar-refractivity contribution < 1.29 is 28.2 Å². The van der Waals surface area contributed by atoms with Gasteiger partial charge in [-0.2, -0.15) is 4.31 Å². The van der Waals surface area contributed by atoms with Crippen LogP contribution < -0.4 is 0 Å². The summed E-state index contributed by atoms with van der Waals surface area (Å²) in [6.07, 6.45) is 1.39. The SMILES string of the molecule is CCCCN(CCn1nnc(C(=O)O)c1C(=O)O)S(=O)(=O)c1ccc(C)cc1. The number of aromatic carboxylic acids is 2. The molecule has 1 aromatic carbocycles. The van der Waals surface area contributed by atoms with Crippen LogP contribution in [0.3, 0.4) is 0 Å². The number of carboxylic acids is 2. The number of aryl methyl sites for hydroxylation is 1. The van der Waals surface area contributed by atoms with Crippen molar-refractivity contribution in [2.45, 2.75) is 38.1 Å². The highest BCUT2D eigenvalue weighted by Crippen LogP contribution is 2.17. The first-order chi connectivity index (χ1) is 13.2. The van der Waals surface area contributed by atoms with Gasteiger partial charge in [0.2, 0.25) is 15.7 Å². The number of unbranched alkanes of at least 4 members (excludes halogenated alkanes) is 1. The zero-order chi connectivity index (χ0) is 20.9. The van der Waals surface area contributed by atoms with Crippen LogP contribution in [-0.2, 0) is 16.6 Å². The molecule has 0 radical (unpaired) electrons. The van der Waals surface area contributed by atoms with E-state index in [2.05, 4.69) is 10.3 Å². The highest BCUT2D eigenvalue weighted by atomic mass is 32.2. The summed E-state index contributed by atoms with van der Waals surface area (Å²) in [5, 5.41) is 25.2. The molecule has 0 aliphatic carbocycles. The standard InChI is InChI=1S/C17H22N4O6S/c1-3-4-9-20(28(26,27)13-7-5-12(2)6-8-13)10-11-21-15(17(24)25)14(16(22)23)18-19-21/h5-8H,3-4,9-11H2,1-2H3,(H,22,23)(H,24,25). The molecule has 10 nitrogen and oxygen atoms in total. The second-order valence-electron chi connectivity index (χ2n) is 6.19. The number of hydrogen-bond acceptors (Lipinski definition) is 6. The Morgan fingerprint density at radius 2 is 1.75 bits per heavy atom. The summed E-state index contributed by atoms with van der Waals surface area (Å²) in [6, 6.07) is 6.43. The highest BCUT2D eigenvalue weighted by molar-refractivity contribution is 7.89. The summed E-state index contributed by atoms with van der Waals surface area (Å²) in [7, 11) is -3.79. The first-order valence-electron chi connectivity index (χ1n) is 8.65. The minimum atomic E-state index is -3.79. The lowest BCUT2D eigenvalue weighted by atomic mass is 10.2. The number of rotatable bonds is 10. The maximum atomic E-state index is 13.0. The van der Waals surface area contributed by atoms with Crippen LogP contribution in [0.1, 0.15) is 46.3 Å². The Labute approximate surface area is 162 Å². The molecule has 0 saturated heterocycles. The topological polar surface area (TPSA) is 143 Å². The van der Waals surface area contributed by atoms with Gasteiger partial charge in [-0.15, -0.1) is 5.10 Å². The molecule has 1 heterocycles. The molecule has 0 aliphatic heterocycles. The predicted molar refractivity (Wildman–Crippen MR) is 98.8 cm³/mol. The highest BCUT2D eigenvalue weighted by Gasteiger charge is 2.27. The molecule has 2 rings (SSSR count). The lowest BCUT2D eigenvalue weighted by Crippen LogP contribution is -2.35. The van der Waals surface area contributed by atoms with Crippen LogP contribution in [0, 0.1) is 6.92 Å². The first kappa shape index (κ1) is 21.5. The Balaban J connectivity index is 2.30. The molecule has 0 aliphatic rings. The first-order valence-corrected chi connectivity index (χ1v) is 10.1. The summed E-state index contributed by atoms with van der Waals surface area (Å²) in [6.45, 7) is 3.81. The molecule has 0 fully saturated rings. The van der Waals surface area contributed by atoms with Gasteiger partial charge in [0.25, 0.3) is 0 Å². The van der Waals surface area contributed by atoms with Crippen LogP contribution >= 0.6 is 0 Å². The largest absolute Gasteiger partial charge is 0.476 e. The van der Waals surface area contributed by atoms with E-state index in [1.54, 1.807) is 12.1 Å². The number of benzene rings is 1. The molecule has 2 N–H and O–H groups in total. The maximum absolute atomic E-state index is 13.0. The fourth-order valence-electron chi connectivity index (χ4n) is 2.58. The van der Waals surface area contributed by atoms with Crippen LogP contribution in [-0.4, -0.2) is 63.0 Å². The van der Waals surface area contributed by atoms with Gasteiger partial charge >= 0.3 is 11.9 Å². The quantitative estimate of drug-likeness (QED) is 0.599. The molecule has 2 aromatic rings. The molecule has 1 aromatic heterocycles. The van der Waals surface area contributed by atoms with E-state index >= 15 is 0 Å². The van der Waals surface area contributed by atoms with Gasteiger partial charge in [-0.25, -0.2) is 22.7 Å². The smallest absolute Gasteiger partial charge is 0.359 e. The minimum absolute atomic E-state index is 0.0705. The van der Waals surface area contributed by atoms with E-state index in [1.807, 2.05) is 13.8 Å². The molecule has 0 bridgehead atoms. The number of nitrogens with zero attached hydrogens (tertiary/aromatic N) is 4. The Morgan fingerprint density at radius 1 is 1.11 bits per heavy atom. The van der Waals surface area contributed by atoms with Gasteiger partial charge in [0.1, 0.15) is 0 Å². The van der Waals surface area contributed by atoms with E-state index in [1.165, 1.54) is 16.4 Å². The van der Waals surface area contributed by atoms with Crippen molar-refractivity contribution in [3.63, 3.8) is 0 Å². The molecule has 0 spiro atoms. The van der Waals surface area contributed by atoms with Gasteiger partial charge in [-0.1, -0.05) is 36.3 Å². The molecule has 0 amide bonds. The molecule has 28 heavy (non-hydrogen) atoms. The van der Waals surface area contributed by atoms with E-state index in [0.717, 1.165) is 16.7 Å². The second kappa shape index (κ2) is 8.93. The Hall–Kier alpha value is -2.79. The lowest BCUT2D eigenvalue weighted by Gasteiger charge is -2.22. The van der Waals surface area contributed by atoms with Crippen LogP contribution in [0.5, 0.6) is 0 Å². The summed E-state index contributed by atoms with van der Waals surface area (Å²) in [5.74, 6) is -3.01. The van der Waals surface area contributed by atoms with Crippen molar-refractivity contribution in [2.24, 2.45) is 0 Å². The van der Waals surface area contributed by atoms with E-state index < -0.39 is 33.3 Å². The second-order valence-corrected chi connectivity index (χ2v) is 8.13. The third-order valence-electron chi connectivity index (χ3n) is 4.12. The third-order valence-corrected chi connectivity index (χ3v) is 6.03. The average Bonchev–Trinajstić information content (AvgIpc) is 3.06. The van der Waals surface area contributed by atoms with Gasteiger partial charge in [-0.3, -0.25) is 0 Å². The van der Waals surface area contributed by atoms with Crippen LogP contribution in [0.4, 0.5) is 0 Å². The van der Waals surface area contributed by atoms with Crippen molar-refractivity contribution in [1.29, 1.82) is 0 Å². The van der Waals surface area contributed by atoms with Gasteiger partial charge in [-0.05, 0) is 25.5 Å². The fraction of sp³-hybridized carbons (Fsp3) is 0.412. The van der Waals surface area contributed by atoms with Crippen molar-refractivity contribution in [2.75, 3.05) is 13.1 Å². The van der Waals surface area contributed by atoms with Crippen molar-refractivity contribution in [3.8, 4) is 0 Å². The van der Waals surface area contributed by atoms with E-state index in [0.29, 0.717) is 6.42 Å². The summed E-state index contributed by atoms with van der Waals surface area (Å²) < 4.78 is 28.1. The molecular weight excluding hydrogens is 388 g/mol. The number of aromatic nitrogens is 3. The Kier molecular flexibility index (Phi) is 6.86. The normalized spacial score (nSPS) is 11.7. The monoisotopic (exact) mass is 410 g/mol. The van der Waals surface area contributed by atoms with Crippen LogP contribution in [0.2, 0.25) is 0 Å². The van der Waals surface area contributed by atoms with E-state index in [9.17, 15) is 23.1 Å². The van der Waals surface area contributed by atoms with Crippen LogP contribution in [0.15, 0.2) is 29.2 Å². The number of hydrogen-bond donors (Lipinski definition) is 2. The summed E-state index contributed by atoms with van der Waals surface area (Å²) >= 11 is 0. The Morgan fingerprint density at radius 3 is 2.29 bits per heavy atom. The molecular formula is C17H22N4O6S. The average molecular weight is 410 g/mol. The lowest BCUT2D eigenvalue weighted by molar-refractivity contribution is 0.0640. The molecule has 11 heteroatoms. The molecule has 0 atom stereocenters. The zero-order valence-electron chi connectivity index (χ0n) is 15.6. The van der Waals surface area contributed by atoms with Crippen molar-refractivity contribution in [3.05, 3.63) is 41.2 Å². The zero-order valence-corrected chi connectivity index (χ0v) is 16.4. The summed E-state index contributed by atoms with van der Waals surface area (Å²) in [4.78, 5) is 22.6. The van der Waals surface area contributed by atoms with Gasteiger partial charge in [0.15, 0.2) is 5.69 Å². The van der Waals surface area contributed by atoms with E-state index in [4.69, 9.17) is 5.11 Å². The predicted octanol–water partition coefficient (Wildman–Crippen LogP) is 1.47. The summed E-state index contributed by atoms with van der Waals surface area (Å²) in [5.41, 5.74) is -0.348. The van der Waals surface area contributed by atoms with Crippen molar-refractivity contribution >= 4 is 22.0 Å². The molecule has 0 unspecified atom stereocenters. The molecule has 0 saturated carbocycles. The number of carboxylic acid groups (broad SMARTS) is 2. The van der Waals surface area contributed by atoms with Crippen molar-refractivity contribution in [1.82, 2.24) is 19.3 Å². The van der Waals surface area contributed by atoms with Gasteiger partial charge in [0, 0.05) is 13.1 Å². The molecule has 152 valence electrons. The maximum Gasteiger partial charge on any atom is 0.359 e. The fourth-order valence-corrected chi connectivity index (χ4v) is 4.05. The minimum Gasteiger partial charge on any atom is -0.476 e. The third kappa shape index (κ3) is 4.73. The van der Waals surface area contributed by atoms with E-state index in [-0.39, 0.29) is 24.5 Å².